The van der Waals surface area contributed by atoms with Crippen LogP contribution in [0.15, 0.2) is 24.5 Å². The summed E-state index contributed by atoms with van der Waals surface area (Å²) in [4.78, 5) is 38.8. The molecule has 0 radical (unpaired) electrons. The molecule has 0 spiro atoms. The number of H-pyrrole nitrogens is 1. The first-order valence-electron chi connectivity index (χ1n) is 12.1. The maximum absolute atomic E-state index is 11.7. The van der Waals surface area contributed by atoms with E-state index in [1.54, 1.807) is 26.8 Å². The van der Waals surface area contributed by atoms with Gasteiger partial charge in [-0.2, -0.15) is 5.10 Å². The van der Waals surface area contributed by atoms with Crippen molar-refractivity contribution in [1.82, 2.24) is 20.5 Å². The molecular formula is C25H34N6O5S. The fourth-order valence-electron chi connectivity index (χ4n) is 3.73. The lowest BCUT2D eigenvalue weighted by Gasteiger charge is -2.26. The number of nitrogens with one attached hydrogen (secondary N) is 4. The number of carboxylic acid groups (broad SMARTS) is 1. The lowest BCUT2D eigenvalue weighted by molar-refractivity contribution is -0.147. The minimum Gasteiger partial charge on any atom is -0.474 e. The number of carbonyl (C=O) groups is 3. The number of rotatable bonds is 4. The Hall–Kier alpha value is -3.51. The Morgan fingerprint density at radius 3 is 2.54 bits per heavy atom. The number of aromatic amines is 1. The van der Waals surface area contributed by atoms with Crippen molar-refractivity contribution >= 4 is 51.0 Å². The first-order chi connectivity index (χ1) is 17.4. The van der Waals surface area contributed by atoms with Gasteiger partial charge in [-0.15, -0.1) is 11.3 Å². The Morgan fingerprint density at radius 1 is 1.19 bits per heavy atom. The van der Waals surface area contributed by atoms with Gasteiger partial charge in [0.1, 0.15) is 11.4 Å². The zero-order valence-corrected chi connectivity index (χ0v) is 22.5. The van der Waals surface area contributed by atoms with E-state index in [0.29, 0.717) is 23.8 Å². The van der Waals surface area contributed by atoms with E-state index in [2.05, 4.69) is 44.1 Å². The molecule has 0 aromatic carbocycles. The number of ether oxygens (including phenoxy) is 1. The summed E-state index contributed by atoms with van der Waals surface area (Å²) in [6, 6.07) is 4.34. The zero-order chi connectivity index (χ0) is 27.2. The van der Waals surface area contributed by atoms with Crippen molar-refractivity contribution in [1.29, 1.82) is 0 Å². The molecule has 4 rings (SSSR count). The van der Waals surface area contributed by atoms with Crippen LogP contribution in [0.25, 0.3) is 10.2 Å². The van der Waals surface area contributed by atoms with Crippen molar-refractivity contribution in [3.8, 4) is 0 Å². The van der Waals surface area contributed by atoms with Crippen LogP contribution in [-0.2, 0) is 20.7 Å². The van der Waals surface area contributed by atoms with Gasteiger partial charge in [-0.25, -0.2) is 14.6 Å². The molecule has 37 heavy (non-hydrogen) atoms. The first kappa shape index (κ1) is 28.1. The average Bonchev–Trinajstić information content (AvgIpc) is 3.42. The number of fused-ring (bicyclic) bond motifs is 1. The number of anilines is 2. The summed E-state index contributed by atoms with van der Waals surface area (Å²) in [6.07, 6.45) is 5.65. The molecular weight excluding hydrogens is 496 g/mol. The number of aryl methyl sites for hydroxylation is 1. The van der Waals surface area contributed by atoms with Crippen LogP contribution in [0.3, 0.4) is 0 Å². The second kappa shape index (κ2) is 12.2. The Kier molecular flexibility index (Phi) is 9.22. The van der Waals surface area contributed by atoms with Gasteiger partial charge in [0.15, 0.2) is 0 Å². The fraction of sp³-hybridized carbons (Fsp3) is 0.480. The van der Waals surface area contributed by atoms with E-state index in [0.717, 1.165) is 12.5 Å². The van der Waals surface area contributed by atoms with Gasteiger partial charge in [-0.05, 0) is 70.2 Å². The molecule has 1 aliphatic heterocycles. The second-order valence-corrected chi connectivity index (χ2v) is 11.0. The summed E-state index contributed by atoms with van der Waals surface area (Å²) in [5, 5.41) is 23.9. The Balaban J connectivity index is 0.000000218. The van der Waals surface area contributed by atoms with Gasteiger partial charge in [0.05, 0.1) is 28.3 Å². The van der Waals surface area contributed by atoms with Crippen molar-refractivity contribution in [2.24, 2.45) is 5.92 Å². The van der Waals surface area contributed by atoms with Crippen LogP contribution in [0.1, 0.15) is 63.9 Å². The Bertz CT molecular complexity index is 1210. The van der Waals surface area contributed by atoms with Crippen LogP contribution in [-0.4, -0.2) is 50.4 Å². The quantitative estimate of drug-likeness (QED) is 0.304. The van der Waals surface area contributed by atoms with Crippen LogP contribution >= 0.6 is 11.3 Å². The van der Waals surface area contributed by atoms with Crippen molar-refractivity contribution in [2.75, 3.05) is 17.2 Å². The molecule has 12 heteroatoms. The van der Waals surface area contributed by atoms with E-state index < -0.39 is 23.6 Å². The normalized spacial score (nSPS) is 17.4. The van der Waals surface area contributed by atoms with Crippen LogP contribution in [0.4, 0.5) is 16.3 Å². The predicted molar refractivity (Wildman–Crippen MR) is 143 cm³/mol. The van der Waals surface area contributed by atoms with Gasteiger partial charge < -0.3 is 20.5 Å². The number of piperidine rings is 1. The molecule has 1 fully saturated rings. The smallest absolute Gasteiger partial charge is 0.413 e. The summed E-state index contributed by atoms with van der Waals surface area (Å²) >= 11 is 1.86. The van der Waals surface area contributed by atoms with Crippen molar-refractivity contribution in [3.05, 3.63) is 35.0 Å². The highest BCUT2D eigenvalue weighted by atomic mass is 32.1. The number of aromatic nitrogens is 3. The minimum absolute atomic E-state index is 0.235. The number of hydrogen-bond donors (Lipinski definition) is 5. The van der Waals surface area contributed by atoms with Crippen molar-refractivity contribution in [3.63, 3.8) is 0 Å². The number of amides is 2. The van der Waals surface area contributed by atoms with Crippen LogP contribution in [0.5, 0.6) is 0 Å². The summed E-state index contributed by atoms with van der Waals surface area (Å²) in [5.74, 6) is -1.62. The minimum atomic E-state index is -1.59. The summed E-state index contributed by atoms with van der Waals surface area (Å²) in [6.45, 7) is 10.5. The second-order valence-electron chi connectivity index (χ2n) is 9.91. The molecule has 5 N–H and O–H groups in total. The third-order valence-corrected chi connectivity index (χ3v) is 6.75. The molecule has 0 aliphatic carbocycles. The van der Waals surface area contributed by atoms with Gasteiger partial charge in [0, 0.05) is 10.9 Å². The monoisotopic (exact) mass is 530 g/mol. The number of aliphatic carboxylic acids is 1. The number of thiophene rings is 1. The first-order valence-corrected chi connectivity index (χ1v) is 13.0. The number of carboxylic acids is 1. The summed E-state index contributed by atoms with van der Waals surface area (Å²) in [5.41, 5.74) is 1.41. The van der Waals surface area contributed by atoms with E-state index in [1.807, 2.05) is 24.5 Å². The molecule has 3 aromatic rings. The molecule has 1 saturated heterocycles. The van der Waals surface area contributed by atoms with Gasteiger partial charge in [-0.1, -0.05) is 13.8 Å². The topological polar surface area (TPSA) is 158 Å². The third kappa shape index (κ3) is 8.25. The third-order valence-electron chi connectivity index (χ3n) is 5.57. The fourth-order valence-corrected chi connectivity index (χ4v) is 4.82. The van der Waals surface area contributed by atoms with Crippen LogP contribution in [0.2, 0.25) is 0 Å². The van der Waals surface area contributed by atoms with E-state index in [9.17, 15) is 14.4 Å². The average molecular weight is 531 g/mol. The lowest BCUT2D eigenvalue weighted by Crippen LogP contribution is -2.31. The highest BCUT2D eigenvalue weighted by Gasteiger charge is 2.21. The molecule has 0 saturated carbocycles. The molecule has 11 nitrogen and oxygen atoms in total. The van der Waals surface area contributed by atoms with Crippen molar-refractivity contribution < 1.29 is 24.2 Å². The largest absolute Gasteiger partial charge is 0.474 e. The number of pyridine rings is 1. The predicted octanol–water partition coefficient (Wildman–Crippen LogP) is 4.70. The number of nitrogens with zero attached hydrogens (tertiary/aromatic N) is 2. The lowest BCUT2D eigenvalue weighted by atomic mass is 9.96. The SMILES string of the molecule is CCc1cc(NC(=O)C(=O)O)cnc1NC(=O)OC(C)(C)C.C[C@H]1CC[C@H](c2cc3[nH]ncc3s2)NC1. The molecule has 0 unspecified atom stereocenters. The van der Waals surface area contributed by atoms with Gasteiger partial charge in [0.25, 0.3) is 0 Å². The molecule has 1 aliphatic rings. The van der Waals surface area contributed by atoms with Gasteiger partial charge in [-0.3, -0.25) is 15.2 Å². The van der Waals surface area contributed by atoms with E-state index in [1.165, 1.54) is 34.1 Å². The standard InChI is InChI=1S/C14H19N3O5.C11H15N3S/c1-5-8-6-9(16-11(18)12(19)20)7-15-10(8)17-13(21)22-14(2,3)4;1-7-2-3-8(12-5-7)10-4-9-11(15-10)6-13-14-9/h6-7H,5H2,1-4H3,(H,16,18)(H,19,20)(H,15,17,21);4,6-8,12H,2-3,5H2,1H3,(H,13,14)/t;7-,8+/m.0/s1. The number of hydrogen-bond acceptors (Lipinski definition) is 8. The zero-order valence-electron chi connectivity index (χ0n) is 21.7. The van der Waals surface area contributed by atoms with Crippen LogP contribution in [0, 0.1) is 5.92 Å². The van der Waals surface area contributed by atoms with Gasteiger partial charge >= 0.3 is 18.0 Å². The molecule has 2 atom stereocenters. The van der Waals surface area contributed by atoms with E-state index in [4.69, 9.17) is 9.84 Å². The highest BCUT2D eigenvalue weighted by Crippen LogP contribution is 2.33. The summed E-state index contributed by atoms with van der Waals surface area (Å²) < 4.78 is 6.40. The van der Waals surface area contributed by atoms with Gasteiger partial charge in [0.2, 0.25) is 0 Å². The van der Waals surface area contributed by atoms with Crippen LogP contribution < -0.4 is 16.0 Å². The van der Waals surface area contributed by atoms with E-state index >= 15 is 0 Å². The van der Waals surface area contributed by atoms with E-state index in [-0.39, 0.29) is 5.69 Å². The maximum Gasteiger partial charge on any atom is 0.413 e. The molecule has 2 amide bonds. The molecule has 3 aromatic heterocycles. The maximum atomic E-state index is 11.7. The molecule has 4 heterocycles. The Morgan fingerprint density at radius 2 is 1.95 bits per heavy atom. The highest BCUT2D eigenvalue weighted by molar-refractivity contribution is 7.19. The molecule has 0 bridgehead atoms. The summed E-state index contributed by atoms with van der Waals surface area (Å²) in [7, 11) is 0. The molecule has 200 valence electrons. The number of carbonyl (C=O) groups excluding carboxylic acids is 2. The Labute approximate surface area is 219 Å². The van der Waals surface area contributed by atoms with Crippen molar-refractivity contribution in [2.45, 2.75) is 65.5 Å².